The highest BCUT2D eigenvalue weighted by Gasteiger charge is 2.67. The number of Topliss-reactive ketones (excluding diaryl/α,β-unsaturated/α-hetero) is 1. The van der Waals surface area contributed by atoms with Gasteiger partial charge in [-0.3, -0.25) is 19.1 Å². The van der Waals surface area contributed by atoms with E-state index in [2.05, 4.69) is 31.4 Å². The quantitative estimate of drug-likeness (QED) is 0.202. The van der Waals surface area contributed by atoms with Gasteiger partial charge in [0.1, 0.15) is 35.6 Å². The van der Waals surface area contributed by atoms with Crippen molar-refractivity contribution in [3.05, 3.63) is 77.2 Å². The summed E-state index contributed by atoms with van der Waals surface area (Å²) >= 11 is 0. The molecule has 4 aromatic rings. The zero-order chi connectivity index (χ0) is 36.1. The van der Waals surface area contributed by atoms with Crippen LogP contribution in [0.5, 0.6) is 0 Å². The molecular weight excluding hydrogens is 663 g/mol. The van der Waals surface area contributed by atoms with Crippen LogP contribution in [-0.4, -0.2) is 72.5 Å². The molecule has 11 nitrogen and oxygen atoms in total. The third kappa shape index (κ3) is 6.76. The highest BCUT2D eigenvalue weighted by Crippen LogP contribution is 2.60. The Hall–Kier alpha value is -4.98. The second kappa shape index (κ2) is 13.3. The van der Waals surface area contributed by atoms with Gasteiger partial charge in [0.15, 0.2) is 5.78 Å². The summed E-state index contributed by atoms with van der Waals surface area (Å²) in [6, 6.07) is 4.74. The molecule has 1 aromatic carbocycles. The number of halogens is 3. The van der Waals surface area contributed by atoms with Crippen LogP contribution in [0.1, 0.15) is 72.2 Å². The van der Waals surface area contributed by atoms with Gasteiger partial charge in [0.25, 0.3) is 0 Å². The van der Waals surface area contributed by atoms with Crippen LogP contribution in [0, 0.1) is 19.3 Å². The Bertz CT molecular complexity index is 2060. The van der Waals surface area contributed by atoms with E-state index in [0.717, 1.165) is 42.0 Å². The highest BCUT2D eigenvalue weighted by atomic mass is 19.4. The van der Waals surface area contributed by atoms with E-state index in [1.807, 2.05) is 18.2 Å². The molecule has 1 aliphatic carbocycles. The number of pyridine rings is 1. The lowest BCUT2D eigenvalue weighted by Crippen LogP contribution is -2.47. The molecular formula is C37H38F3N7O4. The molecule has 2 bridgehead atoms. The minimum atomic E-state index is -4.70. The minimum Gasteiger partial charge on any atom is -0.377 e. The average molecular weight is 702 g/mol. The van der Waals surface area contributed by atoms with Crippen molar-refractivity contribution in [2.75, 3.05) is 18.5 Å². The van der Waals surface area contributed by atoms with Gasteiger partial charge in [-0.15, -0.1) is 0 Å². The molecule has 2 amide bonds. The normalized spacial score (nSPS) is 23.1. The van der Waals surface area contributed by atoms with E-state index in [0.29, 0.717) is 48.3 Å². The third-order valence-electron chi connectivity index (χ3n) is 10.1. The number of allylic oxidation sites excluding steroid dienone is 1. The summed E-state index contributed by atoms with van der Waals surface area (Å²) < 4.78 is 48.0. The number of nitrogens with one attached hydrogen (secondary N) is 1. The zero-order valence-electron chi connectivity index (χ0n) is 28.6. The van der Waals surface area contributed by atoms with Crippen LogP contribution in [-0.2, 0) is 33.5 Å². The number of nitrogens with zero attached hydrogens (tertiary/aromatic N) is 6. The summed E-state index contributed by atoms with van der Waals surface area (Å²) in [7, 11) is 0. The first-order valence-corrected chi connectivity index (χ1v) is 17.1. The fraction of sp³-hybridized carbons (Fsp3) is 0.432. The molecule has 3 atom stereocenters. The van der Waals surface area contributed by atoms with Crippen molar-refractivity contribution in [2.45, 2.75) is 84.1 Å². The van der Waals surface area contributed by atoms with E-state index < -0.39 is 29.2 Å². The van der Waals surface area contributed by atoms with Gasteiger partial charge in [-0.25, -0.2) is 15.0 Å². The molecule has 3 aromatic heterocycles. The summed E-state index contributed by atoms with van der Waals surface area (Å²) in [6.07, 6.45) is 6.99. The standard InChI is InChI=1S/C37H38F3N7O4/c1-21-10-11-29(37(38,39)40)43-34(21)44-35(50)28-15-36-16-30(36)47(28)31(49)19-46-33-24(9-7-5-4-6-8-12-51-20-36)13-25(26-17-41-23(3)42-18-26)14-27(33)32(45-46)22(2)48/h6,8,10-11,13-14,17-18,28,30H,4-5,7,9,12,15-16,19-20H2,1-3H3,(H,43,44,50)/b8-6-/t28-,30+,36-/m0/s1. The summed E-state index contributed by atoms with van der Waals surface area (Å²) in [4.78, 5) is 55.2. The van der Waals surface area contributed by atoms with Crippen molar-refractivity contribution in [1.29, 1.82) is 0 Å². The van der Waals surface area contributed by atoms with Crippen molar-refractivity contribution < 1.29 is 32.3 Å². The van der Waals surface area contributed by atoms with Gasteiger partial charge in [-0.1, -0.05) is 18.2 Å². The van der Waals surface area contributed by atoms with E-state index >= 15 is 0 Å². The first kappa shape index (κ1) is 34.5. The second-order valence-electron chi connectivity index (χ2n) is 13.8. The largest absolute Gasteiger partial charge is 0.433 e. The Labute approximate surface area is 292 Å². The van der Waals surface area contributed by atoms with E-state index in [1.165, 1.54) is 17.9 Å². The lowest BCUT2D eigenvalue weighted by molar-refractivity contribution is -0.141. The molecule has 0 radical (unpaired) electrons. The van der Waals surface area contributed by atoms with Gasteiger partial charge in [0.2, 0.25) is 11.8 Å². The number of ketones is 1. The maximum Gasteiger partial charge on any atom is 0.433 e. The van der Waals surface area contributed by atoms with Gasteiger partial charge in [-0.05, 0) is 87.3 Å². The number of benzene rings is 1. The number of amides is 2. The minimum absolute atomic E-state index is 0.212. The van der Waals surface area contributed by atoms with Crippen LogP contribution >= 0.6 is 0 Å². The molecule has 1 N–H and O–H groups in total. The number of anilines is 1. The van der Waals surface area contributed by atoms with Crippen molar-refractivity contribution in [1.82, 2.24) is 29.6 Å². The molecule has 3 aliphatic rings. The van der Waals surface area contributed by atoms with Gasteiger partial charge >= 0.3 is 6.18 Å². The number of carbonyl (C=O) groups excluding carboxylic acids is 3. The van der Waals surface area contributed by atoms with Gasteiger partial charge in [-0.2, -0.15) is 18.3 Å². The maximum atomic E-state index is 14.4. The molecule has 2 fully saturated rings. The molecule has 51 heavy (non-hydrogen) atoms. The van der Waals surface area contributed by atoms with Crippen LogP contribution < -0.4 is 5.32 Å². The van der Waals surface area contributed by atoms with Gasteiger partial charge in [0, 0.05) is 41.7 Å². The van der Waals surface area contributed by atoms with Gasteiger partial charge in [0.05, 0.1) is 18.7 Å². The lowest BCUT2D eigenvalue weighted by Gasteiger charge is -2.27. The van der Waals surface area contributed by atoms with Crippen LogP contribution in [0.15, 0.2) is 48.8 Å². The van der Waals surface area contributed by atoms with Gasteiger partial charge < -0.3 is 15.0 Å². The first-order chi connectivity index (χ1) is 24.3. The zero-order valence-corrected chi connectivity index (χ0v) is 28.6. The van der Waals surface area contributed by atoms with Crippen LogP contribution in [0.3, 0.4) is 0 Å². The molecule has 2 aliphatic heterocycles. The number of ether oxygens (including phenoxy) is 1. The number of alkyl halides is 3. The van der Waals surface area contributed by atoms with Crippen LogP contribution in [0.25, 0.3) is 22.0 Å². The Morgan fingerprint density at radius 2 is 1.82 bits per heavy atom. The number of aryl methyl sites for hydroxylation is 3. The number of piperidine rings is 1. The Balaban J connectivity index is 1.27. The molecule has 1 saturated carbocycles. The van der Waals surface area contributed by atoms with Crippen molar-refractivity contribution in [3.8, 4) is 11.1 Å². The summed E-state index contributed by atoms with van der Waals surface area (Å²) in [5.74, 6) is -0.856. The number of hydrogen-bond donors (Lipinski definition) is 1. The number of carbonyl (C=O) groups is 3. The molecule has 7 rings (SSSR count). The van der Waals surface area contributed by atoms with E-state index in [-0.39, 0.29) is 42.2 Å². The third-order valence-corrected chi connectivity index (χ3v) is 10.1. The monoisotopic (exact) mass is 701 g/mol. The van der Waals surface area contributed by atoms with E-state index in [4.69, 9.17) is 4.74 Å². The fourth-order valence-electron chi connectivity index (χ4n) is 7.41. The predicted molar refractivity (Wildman–Crippen MR) is 182 cm³/mol. The SMILES string of the molecule is CC(=O)c1nn2c3c(cc(-c4cnc(C)nc4)cc13)CCCC/C=C\COC[C@@]13C[C@@H](C(=O)Nc4nc(C(F)(F)F)ccc4C)N(C(=O)C2)[C@@H]1C3. The highest BCUT2D eigenvalue weighted by molar-refractivity contribution is 6.07. The fourth-order valence-corrected chi connectivity index (χ4v) is 7.41. The van der Waals surface area contributed by atoms with E-state index in [9.17, 15) is 27.6 Å². The molecule has 5 heterocycles. The van der Waals surface area contributed by atoms with Crippen LogP contribution in [0.4, 0.5) is 19.0 Å². The van der Waals surface area contributed by atoms with Crippen molar-refractivity contribution >= 4 is 34.3 Å². The summed E-state index contributed by atoms with van der Waals surface area (Å²) in [5.41, 5.74) is 2.17. The number of aromatic nitrogens is 5. The second-order valence-corrected chi connectivity index (χ2v) is 13.8. The maximum absolute atomic E-state index is 14.4. The van der Waals surface area contributed by atoms with Crippen LogP contribution in [0.2, 0.25) is 0 Å². The lowest BCUT2D eigenvalue weighted by atomic mass is 9.97. The predicted octanol–water partition coefficient (Wildman–Crippen LogP) is 6.02. The summed E-state index contributed by atoms with van der Waals surface area (Å²) in [6.45, 7) is 5.26. The Morgan fingerprint density at radius 3 is 2.57 bits per heavy atom. The summed E-state index contributed by atoms with van der Waals surface area (Å²) in [5, 5.41) is 7.86. The topological polar surface area (TPSA) is 132 Å². The molecule has 1 saturated heterocycles. The van der Waals surface area contributed by atoms with Crippen molar-refractivity contribution in [3.63, 3.8) is 0 Å². The van der Waals surface area contributed by atoms with Crippen molar-refractivity contribution in [2.24, 2.45) is 5.41 Å². The first-order valence-electron chi connectivity index (χ1n) is 17.1. The number of rotatable bonds is 4. The Kier molecular flexibility index (Phi) is 8.98. The molecule has 0 spiro atoms. The number of hydrogen-bond acceptors (Lipinski definition) is 8. The molecule has 266 valence electrons. The smallest absolute Gasteiger partial charge is 0.377 e. The average Bonchev–Trinajstić information content (AvgIpc) is 3.48. The molecule has 0 unspecified atom stereocenters. The Morgan fingerprint density at radius 1 is 1.04 bits per heavy atom. The van der Waals surface area contributed by atoms with E-state index in [1.54, 1.807) is 30.9 Å². The molecule has 14 heteroatoms.